The minimum absolute atomic E-state index is 0.0114. The number of carboxylic acid groups (broad SMARTS) is 1. The third-order valence-electron chi connectivity index (χ3n) is 4.23. The molecule has 3 heterocycles. The van der Waals surface area contributed by atoms with E-state index < -0.39 is 11.5 Å². The number of carbonyl (C=O) groups excluding carboxylic acids is 1. The third kappa shape index (κ3) is 2.41. The van der Waals surface area contributed by atoms with Gasteiger partial charge in [-0.3, -0.25) is 4.79 Å². The first kappa shape index (κ1) is 14.8. The molecule has 2 aromatic heterocycles. The maximum Gasteiger partial charge on any atom is 0.330 e. The first-order valence-electron chi connectivity index (χ1n) is 7.10. The van der Waals surface area contributed by atoms with Crippen LogP contribution in [-0.4, -0.2) is 44.5 Å². The normalized spacial score (nSPS) is 17.4. The Kier molecular flexibility index (Phi) is 3.74. The highest BCUT2D eigenvalue weighted by atomic mass is 32.1. The number of aromatic nitrogens is 2. The van der Waals surface area contributed by atoms with Crippen LogP contribution in [0.5, 0.6) is 0 Å². The second-order valence-corrected chi connectivity index (χ2v) is 6.80. The van der Waals surface area contributed by atoms with Gasteiger partial charge in [0.25, 0.3) is 5.91 Å². The molecular formula is C15H17N3O3S. The summed E-state index contributed by atoms with van der Waals surface area (Å²) >= 11 is 1.47. The van der Waals surface area contributed by atoms with Crippen LogP contribution in [0.2, 0.25) is 0 Å². The topological polar surface area (TPSA) is 75.4 Å². The number of carboxylic acids is 1. The summed E-state index contributed by atoms with van der Waals surface area (Å²) in [5, 5.41) is 9.66. The molecule has 0 saturated carbocycles. The van der Waals surface area contributed by atoms with Gasteiger partial charge in [-0.2, -0.15) is 0 Å². The van der Waals surface area contributed by atoms with Gasteiger partial charge in [-0.05, 0) is 31.9 Å². The lowest BCUT2D eigenvalue weighted by Crippen LogP contribution is -2.51. The standard InChI is InChI=1S/C15H17N3O3S/c1-11-2-3-12(22-11)13(19)17-7-4-15(5-8-17,14(20)21)18-9-6-16-10-18/h2-3,6,9-10H,4-5,7-8H2,1H3,(H,20,21). The van der Waals surface area contributed by atoms with Gasteiger partial charge in [0.2, 0.25) is 0 Å². The highest BCUT2D eigenvalue weighted by molar-refractivity contribution is 7.13. The maximum atomic E-state index is 12.5. The maximum absolute atomic E-state index is 12.5. The van der Waals surface area contributed by atoms with Crippen LogP contribution in [0.3, 0.4) is 0 Å². The first-order chi connectivity index (χ1) is 10.5. The summed E-state index contributed by atoms with van der Waals surface area (Å²) in [5.41, 5.74) is -1.00. The minimum Gasteiger partial charge on any atom is -0.479 e. The summed E-state index contributed by atoms with van der Waals surface area (Å²) in [4.78, 5) is 31.7. The van der Waals surface area contributed by atoms with Crippen LogP contribution < -0.4 is 0 Å². The van der Waals surface area contributed by atoms with Crippen molar-refractivity contribution in [3.8, 4) is 0 Å². The number of thiophene rings is 1. The van der Waals surface area contributed by atoms with Gasteiger partial charge in [0.15, 0.2) is 0 Å². The zero-order chi connectivity index (χ0) is 15.7. The summed E-state index contributed by atoms with van der Waals surface area (Å²) in [6.45, 7) is 2.83. The Morgan fingerprint density at radius 1 is 1.32 bits per heavy atom. The second-order valence-electron chi connectivity index (χ2n) is 5.51. The number of aryl methyl sites for hydroxylation is 1. The molecule has 1 N–H and O–H groups in total. The highest BCUT2D eigenvalue weighted by Gasteiger charge is 2.44. The number of hydrogen-bond donors (Lipinski definition) is 1. The lowest BCUT2D eigenvalue weighted by molar-refractivity contribution is -0.150. The van der Waals surface area contributed by atoms with E-state index in [0.29, 0.717) is 30.8 Å². The highest BCUT2D eigenvalue weighted by Crippen LogP contribution is 2.31. The van der Waals surface area contributed by atoms with E-state index in [0.717, 1.165) is 4.88 Å². The fourth-order valence-electron chi connectivity index (χ4n) is 2.88. The Bertz CT molecular complexity index is 685. The zero-order valence-corrected chi connectivity index (χ0v) is 13.0. The number of imidazole rings is 1. The molecule has 0 unspecified atom stereocenters. The van der Waals surface area contributed by atoms with Crippen LogP contribution in [-0.2, 0) is 10.3 Å². The molecule has 0 radical (unpaired) electrons. The number of nitrogens with zero attached hydrogens (tertiary/aromatic N) is 3. The summed E-state index contributed by atoms with van der Waals surface area (Å²) in [6, 6.07) is 3.76. The van der Waals surface area contributed by atoms with Crippen molar-refractivity contribution in [2.24, 2.45) is 0 Å². The molecular weight excluding hydrogens is 302 g/mol. The Morgan fingerprint density at radius 3 is 2.55 bits per heavy atom. The number of piperidine rings is 1. The van der Waals surface area contributed by atoms with E-state index in [4.69, 9.17) is 0 Å². The summed E-state index contributed by atoms with van der Waals surface area (Å²) in [7, 11) is 0. The number of aliphatic carboxylic acids is 1. The van der Waals surface area contributed by atoms with E-state index in [1.807, 2.05) is 19.1 Å². The van der Waals surface area contributed by atoms with Gasteiger partial charge in [0, 0.05) is 30.4 Å². The van der Waals surface area contributed by atoms with E-state index in [1.165, 1.54) is 17.7 Å². The molecule has 1 amide bonds. The van der Waals surface area contributed by atoms with Crippen LogP contribution >= 0.6 is 11.3 Å². The quantitative estimate of drug-likeness (QED) is 0.938. The minimum atomic E-state index is -1.00. The van der Waals surface area contributed by atoms with Gasteiger partial charge in [0.05, 0.1) is 11.2 Å². The molecule has 1 saturated heterocycles. The predicted molar refractivity (Wildman–Crippen MR) is 82.0 cm³/mol. The average molecular weight is 319 g/mol. The number of hydrogen-bond acceptors (Lipinski definition) is 4. The Labute approximate surface area is 132 Å². The Morgan fingerprint density at radius 2 is 2.05 bits per heavy atom. The molecule has 7 heteroatoms. The number of likely N-dealkylation sites (tertiary alicyclic amines) is 1. The summed E-state index contributed by atoms with van der Waals surface area (Å²) in [5.74, 6) is -0.882. The molecule has 6 nitrogen and oxygen atoms in total. The van der Waals surface area contributed by atoms with Gasteiger partial charge in [-0.15, -0.1) is 11.3 Å². The molecule has 1 aliphatic rings. The van der Waals surface area contributed by atoms with Gasteiger partial charge in [-0.25, -0.2) is 9.78 Å². The number of carbonyl (C=O) groups is 2. The zero-order valence-electron chi connectivity index (χ0n) is 12.2. The van der Waals surface area contributed by atoms with Gasteiger partial charge in [0.1, 0.15) is 5.54 Å². The average Bonchev–Trinajstić information content (AvgIpc) is 3.18. The van der Waals surface area contributed by atoms with Crippen molar-refractivity contribution < 1.29 is 14.7 Å². The van der Waals surface area contributed by atoms with Crippen LogP contribution in [0.25, 0.3) is 0 Å². The molecule has 0 bridgehead atoms. The van der Waals surface area contributed by atoms with Crippen LogP contribution in [0.1, 0.15) is 27.4 Å². The van der Waals surface area contributed by atoms with E-state index in [1.54, 1.807) is 21.9 Å². The fourth-order valence-corrected chi connectivity index (χ4v) is 3.72. The molecule has 116 valence electrons. The van der Waals surface area contributed by atoms with Crippen molar-refractivity contribution in [3.05, 3.63) is 40.6 Å². The van der Waals surface area contributed by atoms with Crippen molar-refractivity contribution in [1.29, 1.82) is 0 Å². The van der Waals surface area contributed by atoms with E-state index >= 15 is 0 Å². The fraction of sp³-hybridized carbons (Fsp3) is 0.400. The molecule has 0 atom stereocenters. The lowest BCUT2D eigenvalue weighted by atomic mass is 9.87. The van der Waals surface area contributed by atoms with Crippen molar-refractivity contribution in [2.75, 3.05) is 13.1 Å². The smallest absolute Gasteiger partial charge is 0.330 e. The molecule has 0 aromatic carbocycles. The van der Waals surface area contributed by atoms with E-state index in [-0.39, 0.29) is 5.91 Å². The van der Waals surface area contributed by atoms with Gasteiger partial charge in [-0.1, -0.05) is 0 Å². The van der Waals surface area contributed by atoms with Crippen molar-refractivity contribution >= 4 is 23.2 Å². The van der Waals surface area contributed by atoms with E-state index in [2.05, 4.69) is 4.98 Å². The van der Waals surface area contributed by atoms with Crippen molar-refractivity contribution in [2.45, 2.75) is 25.3 Å². The summed E-state index contributed by atoms with van der Waals surface area (Å²) < 4.78 is 1.65. The largest absolute Gasteiger partial charge is 0.479 e. The van der Waals surface area contributed by atoms with Crippen LogP contribution in [0.4, 0.5) is 0 Å². The van der Waals surface area contributed by atoms with Crippen LogP contribution in [0, 0.1) is 6.92 Å². The molecule has 1 aliphatic heterocycles. The second kappa shape index (κ2) is 5.57. The molecule has 3 rings (SSSR count). The Balaban J connectivity index is 1.76. The van der Waals surface area contributed by atoms with Crippen LogP contribution in [0.15, 0.2) is 30.9 Å². The predicted octanol–water partition coefficient (Wildman–Crippen LogP) is 1.97. The van der Waals surface area contributed by atoms with Gasteiger partial charge < -0.3 is 14.6 Å². The SMILES string of the molecule is Cc1ccc(C(=O)N2CCC(C(=O)O)(n3ccnc3)CC2)s1. The van der Waals surface area contributed by atoms with Gasteiger partial charge >= 0.3 is 5.97 Å². The van der Waals surface area contributed by atoms with E-state index in [9.17, 15) is 14.7 Å². The molecule has 22 heavy (non-hydrogen) atoms. The lowest BCUT2D eigenvalue weighted by Gasteiger charge is -2.39. The first-order valence-corrected chi connectivity index (χ1v) is 7.92. The third-order valence-corrected chi connectivity index (χ3v) is 5.21. The monoisotopic (exact) mass is 319 g/mol. The molecule has 1 fully saturated rings. The van der Waals surface area contributed by atoms with Crippen molar-refractivity contribution in [3.63, 3.8) is 0 Å². The summed E-state index contributed by atoms with van der Waals surface area (Å²) in [6.07, 6.45) is 5.56. The molecule has 0 aliphatic carbocycles. The number of rotatable bonds is 3. The Hall–Kier alpha value is -2.15. The molecule has 2 aromatic rings. The number of amides is 1. The van der Waals surface area contributed by atoms with Crippen molar-refractivity contribution in [1.82, 2.24) is 14.5 Å². The molecule has 0 spiro atoms.